The summed E-state index contributed by atoms with van der Waals surface area (Å²) in [6.45, 7) is 5.64. The molecule has 0 saturated heterocycles. The summed E-state index contributed by atoms with van der Waals surface area (Å²) in [6, 6.07) is 6.79. The van der Waals surface area contributed by atoms with E-state index in [0.29, 0.717) is 17.9 Å². The van der Waals surface area contributed by atoms with E-state index in [9.17, 15) is 22.8 Å². The Morgan fingerprint density at radius 1 is 1.03 bits per heavy atom. The first-order valence-electron chi connectivity index (χ1n) is 10.9. The van der Waals surface area contributed by atoms with Crippen LogP contribution in [0.15, 0.2) is 39.5 Å². The van der Waals surface area contributed by atoms with Crippen LogP contribution in [-0.2, 0) is 15.7 Å². The molecule has 1 atom stereocenters. The summed E-state index contributed by atoms with van der Waals surface area (Å²) in [4.78, 5) is 25.3. The van der Waals surface area contributed by atoms with Gasteiger partial charge in [0.2, 0.25) is 11.2 Å². The first-order valence-corrected chi connectivity index (χ1v) is 10.9. The summed E-state index contributed by atoms with van der Waals surface area (Å²) < 4.78 is 68.7. The molecule has 0 saturated carbocycles. The van der Waals surface area contributed by atoms with Crippen molar-refractivity contribution in [3.63, 3.8) is 0 Å². The van der Waals surface area contributed by atoms with Crippen molar-refractivity contribution in [2.24, 2.45) is 0 Å². The number of benzene rings is 2. The van der Waals surface area contributed by atoms with E-state index in [0.717, 1.165) is 0 Å². The molecule has 0 aliphatic carbocycles. The predicted molar refractivity (Wildman–Crippen MR) is 120 cm³/mol. The lowest BCUT2D eigenvalue weighted by Crippen LogP contribution is -2.25. The molecule has 0 bridgehead atoms. The monoisotopic (exact) mass is 492 g/mol. The first-order chi connectivity index (χ1) is 16.5. The van der Waals surface area contributed by atoms with Crippen LogP contribution in [0.25, 0.3) is 22.1 Å². The van der Waals surface area contributed by atoms with Gasteiger partial charge in [0.25, 0.3) is 0 Å². The summed E-state index contributed by atoms with van der Waals surface area (Å²) in [5.74, 6) is -1.55. The van der Waals surface area contributed by atoms with Gasteiger partial charge in [-0.15, -0.1) is 0 Å². The number of methoxy groups -OCH3 is 1. The largest absolute Gasteiger partial charge is 0.486 e. The van der Waals surface area contributed by atoms with Crippen LogP contribution in [0, 0.1) is 0 Å². The zero-order valence-electron chi connectivity index (χ0n) is 19.4. The van der Waals surface area contributed by atoms with Gasteiger partial charge < -0.3 is 23.4 Å². The Bertz CT molecular complexity index is 1340. The number of carbonyl (C=O) groups excluding carboxylic acids is 1. The zero-order valence-corrected chi connectivity index (χ0v) is 19.4. The molecule has 0 fully saturated rings. The molecule has 10 heteroatoms. The Kier molecular flexibility index (Phi) is 6.40. The van der Waals surface area contributed by atoms with E-state index in [4.69, 9.17) is 18.6 Å². The fourth-order valence-electron chi connectivity index (χ4n) is 3.86. The van der Waals surface area contributed by atoms with Crippen LogP contribution in [0.1, 0.15) is 38.0 Å². The highest BCUT2D eigenvalue weighted by atomic mass is 19.4. The predicted octanol–water partition coefficient (Wildman–Crippen LogP) is 5.31. The maximum atomic E-state index is 14.1. The van der Waals surface area contributed by atoms with Crippen LogP contribution in [0.2, 0.25) is 0 Å². The number of halogens is 3. The molecule has 0 amide bonds. The Morgan fingerprint density at radius 3 is 2.34 bits per heavy atom. The van der Waals surface area contributed by atoms with Gasteiger partial charge in [-0.2, -0.15) is 13.2 Å². The van der Waals surface area contributed by atoms with E-state index in [1.807, 2.05) is 13.8 Å². The molecule has 2 aromatic carbocycles. The molecular formula is C25H23F3O7. The van der Waals surface area contributed by atoms with Gasteiger partial charge in [-0.1, -0.05) is 19.9 Å². The fourth-order valence-corrected chi connectivity index (χ4v) is 3.86. The lowest BCUT2D eigenvalue weighted by atomic mass is 9.96. The minimum Gasteiger partial charge on any atom is -0.486 e. The Hall–Kier alpha value is -3.69. The zero-order chi connectivity index (χ0) is 25.5. The van der Waals surface area contributed by atoms with Crippen molar-refractivity contribution in [2.45, 2.75) is 39.0 Å². The molecule has 0 radical (unpaired) electrons. The summed E-state index contributed by atoms with van der Waals surface area (Å²) in [6.07, 6.45) is -5.99. The molecule has 7 nitrogen and oxygen atoms in total. The molecule has 0 spiro atoms. The molecule has 1 unspecified atom stereocenters. The lowest BCUT2D eigenvalue weighted by Gasteiger charge is -2.20. The van der Waals surface area contributed by atoms with Crippen LogP contribution in [-0.4, -0.2) is 32.4 Å². The highest BCUT2D eigenvalue weighted by molar-refractivity contribution is 5.86. The maximum absolute atomic E-state index is 14.1. The number of esters is 1. The second-order valence-electron chi connectivity index (χ2n) is 8.32. The Morgan fingerprint density at radius 2 is 1.71 bits per heavy atom. The normalized spacial score (nSPS) is 14.2. The smallest absolute Gasteiger partial charge is 0.450 e. The van der Waals surface area contributed by atoms with Crippen molar-refractivity contribution in [1.29, 1.82) is 0 Å². The first kappa shape index (κ1) is 24.4. The van der Waals surface area contributed by atoms with Gasteiger partial charge >= 0.3 is 12.1 Å². The fraction of sp³-hybridized carbons (Fsp3) is 0.360. The van der Waals surface area contributed by atoms with Crippen molar-refractivity contribution >= 4 is 16.9 Å². The number of ether oxygens (including phenoxy) is 4. The Labute approximate surface area is 198 Å². The molecular weight excluding hydrogens is 469 g/mol. The van der Waals surface area contributed by atoms with Gasteiger partial charge in [0, 0.05) is 6.07 Å². The summed E-state index contributed by atoms with van der Waals surface area (Å²) >= 11 is 0. The SMILES string of the molecule is COC(=O)C(C)Oc1cc2oc(C(F)(F)F)c(-c3ccc4c(c3)OCCO4)c(=O)c2cc1C(C)C. The van der Waals surface area contributed by atoms with Crippen molar-refractivity contribution in [1.82, 2.24) is 0 Å². The van der Waals surface area contributed by atoms with Gasteiger partial charge in [-0.05, 0) is 42.2 Å². The molecule has 1 aromatic heterocycles. The molecule has 3 aromatic rings. The van der Waals surface area contributed by atoms with Crippen LogP contribution in [0.5, 0.6) is 17.2 Å². The molecule has 1 aliphatic heterocycles. The average Bonchev–Trinajstić information content (AvgIpc) is 2.82. The lowest BCUT2D eigenvalue weighted by molar-refractivity contribution is -0.152. The molecule has 0 N–H and O–H groups in total. The minimum atomic E-state index is -4.97. The van der Waals surface area contributed by atoms with Crippen LogP contribution in [0.4, 0.5) is 13.2 Å². The minimum absolute atomic E-state index is 0.0111. The highest BCUT2D eigenvalue weighted by Gasteiger charge is 2.40. The summed E-state index contributed by atoms with van der Waals surface area (Å²) in [5, 5.41) is -0.0512. The number of fused-ring (bicyclic) bond motifs is 2. The van der Waals surface area contributed by atoms with Gasteiger partial charge in [0.1, 0.15) is 24.5 Å². The molecule has 2 heterocycles. The Balaban J connectivity index is 1.96. The standard InChI is InChI=1S/C25H23F3O7/c1-12(2)15-10-16-19(11-18(15)34-13(3)24(30)31-4)35-23(25(26,27)28)21(22(16)29)14-5-6-17-20(9-14)33-8-7-32-17/h5-6,9-13H,7-8H2,1-4H3. The van der Waals surface area contributed by atoms with E-state index in [1.165, 1.54) is 44.4 Å². The van der Waals surface area contributed by atoms with Crippen molar-refractivity contribution in [3.05, 3.63) is 51.9 Å². The third-order valence-corrected chi connectivity index (χ3v) is 5.57. The second-order valence-corrected chi connectivity index (χ2v) is 8.32. The van der Waals surface area contributed by atoms with E-state index in [1.54, 1.807) is 0 Å². The van der Waals surface area contributed by atoms with Crippen molar-refractivity contribution in [2.75, 3.05) is 20.3 Å². The molecule has 4 rings (SSSR count). The third kappa shape index (κ3) is 4.65. The quantitative estimate of drug-likeness (QED) is 0.446. The van der Waals surface area contributed by atoms with E-state index >= 15 is 0 Å². The highest BCUT2D eigenvalue weighted by Crippen LogP contribution is 2.41. The van der Waals surface area contributed by atoms with Crippen LogP contribution in [0.3, 0.4) is 0 Å². The third-order valence-electron chi connectivity index (χ3n) is 5.57. The van der Waals surface area contributed by atoms with E-state index < -0.39 is 35.0 Å². The van der Waals surface area contributed by atoms with Gasteiger partial charge in [0.15, 0.2) is 17.6 Å². The van der Waals surface area contributed by atoms with Crippen LogP contribution < -0.4 is 19.6 Å². The molecule has 35 heavy (non-hydrogen) atoms. The van der Waals surface area contributed by atoms with Gasteiger partial charge in [-0.3, -0.25) is 4.79 Å². The number of rotatable bonds is 5. The number of hydrogen-bond acceptors (Lipinski definition) is 7. The number of hydrogen-bond donors (Lipinski definition) is 0. The van der Waals surface area contributed by atoms with E-state index in [-0.39, 0.29) is 40.6 Å². The number of carbonyl (C=O) groups is 1. The van der Waals surface area contributed by atoms with E-state index in [2.05, 4.69) is 4.74 Å². The maximum Gasteiger partial charge on any atom is 0.450 e. The molecule has 1 aliphatic rings. The number of alkyl halides is 3. The average molecular weight is 492 g/mol. The van der Waals surface area contributed by atoms with Gasteiger partial charge in [0.05, 0.1) is 18.1 Å². The second kappa shape index (κ2) is 9.16. The van der Waals surface area contributed by atoms with Crippen molar-refractivity contribution in [3.8, 4) is 28.4 Å². The van der Waals surface area contributed by atoms with Crippen molar-refractivity contribution < 1.29 is 41.3 Å². The van der Waals surface area contributed by atoms with Gasteiger partial charge in [-0.25, -0.2) is 4.79 Å². The summed E-state index contributed by atoms with van der Waals surface area (Å²) in [5.41, 5.74) is -1.30. The van der Waals surface area contributed by atoms with Crippen LogP contribution >= 0.6 is 0 Å². The molecule has 186 valence electrons. The summed E-state index contributed by atoms with van der Waals surface area (Å²) in [7, 11) is 1.19. The topological polar surface area (TPSA) is 84.2 Å².